The topological polar surface area (TPSA) is 253 Å². The summed E-state index contributed by atoms with van der Waals surface area (Å²) >= 11 is 0. The molecule has 0 aliphatic heterocycles. The number of hydrogen-bond acceptors (Lipinski definition) is 4. The van der Waals surface area contributed by atoms with Crippen LogP contribution in [0.2, 0.25) is 0 Å². The Morgan fingerprint density at radius 3 is 0.769 bits per heavy atom. The molecule has 10 N–H and O–H groups in total. The summed E-state index contributed by atoms with van der Waals surface area (Å²) in [7, 11) is 0. The standard InChI is InChI=1S/2HNO3.4H2O.Zn/c2*2-1(3)4;;;;;/h2*(H,2,3,4);4*1H2;. The Hall–Kier alpha value is -1.14. The molecule has 0 fully saturated rings. The van der Waals surface area contributed by atoms with Crippen molar-refractivity contribution in [2.75, 3.05) is 0 Å². The van der Waals surface area contributed by atoms with Crippen molar-refractivity contribution in [1.29, 1.82) is 0 Å². The first-order valence-electron chi connectivity index (χ1n) is 1.13. The number of hydrogen-bond donors (Lipinski definition) is 2. The Bertz CT molecular complexity index is 70.9. The molecule has 0 amide bonds. The van der Waals surface area contributed by atoms with Gasteiger partial charge in [0.15, 0.2) is 0 Å². The quantitative estimate of drug-likeness (QED) is 0.250. The van der Waals surface area contributed by atoms with Crippen LogP contribution in [0.15, 0.2) is 0 Å². The third kappa shape index (κ3) is 661. The maximum absolute atomic E-state index is 8.36. The van der Waals surface area contributed by atoms with Gasteiger partial charge in [-0.3, -0.25) is 0 Å². The summed E-state index contributed by atoms with van der Waals surface area (Å²) in [6.45, 7) is 0. The second kappa shape index (κ2) is 44.7. The Labute approximate surface area is 83.0 Å². The monoisotopic (exact) mass is 262 g/mol. The zero-order valence-electron chi connectivity index (χ0n) is 6.13. The molecule has 0 heterocycles. The van der Waals surface area contributed by atoms with E-state index in [1.165, 1.54) is 0 Å². The van der Waals surface area contributed by atoms with E-state index in [-0.39, 0.29) is 41.4 Å². The summed E-state index contributed by atoms with van der Waals surface area (Å²) in [6, 6.07) is 0. The third-order valence-electron chi connectivity index (χ3n) is 0. The summed E-state index contributed by atoms with van der Waals surface area (Å²) in [5.41, 5.74) is 0. The van der Waals surface area contributed by atoms with Gasteiger partial charge in [-0.2, -0.15) is 0 Å². The maximum Gasteiger partial charge on any atom is 0.291 e. The van der Waals surface area contributed by atoms with Crippen LogP contribution in [0.4, 0.5) is 0 Å². The van der Waals surface area contributed by atoms with Gasteiger partial charge in [-0.25, -0.2) is 0 Å². The second-order valence-corrected chi connectivity index (χ2v) is 0.476. The minimum atomic E-state index is -1.50. The van der Waals surface area contributed by atoms with E-state index in [2.05, 4.69) is 0 Å². The summed E-state index contributed by atoms with van der Waals surface area (Å²) in [4.78, 5) is 16.7. The molecular formula is H10N2O10Zn. The van der Waals surface area contributed by atoms with Crippen molar-refractivity contribution in [1.82, 2.24) is 0 Å². The summed E-state index contributed by atoms with van der Waals surface area (Å²) in [6.07, 6.45) is 0. The molecule has 0 unspecified atom stereocenters. The van der Waals surface area contributed by atoms with Crippen molar-refractivity contribution in [3.8, 4) is 0 Å². The molecule has 82 valence electrons. The molecule has 0 aliphatic carbocycles. The van der Waals surface area contributed by atoms with Gasteiger partial charge >= 0.3 is 0 Å². The van der Waals surface area contributed by atoms with E-state index < -0.39 is 10.2 Å². The normalized spacial score (nSPS) is 3.69. The van der Waals surface area contributed by atoms with Crippen molar-refractivity contribution in [2.24, 2.45) is 0 Å². The van der Waals surface area contributed by atoms with Crippen LogP contribution >= 0.6 is 0 Å². The van der Waals surface area contributed by atoms with Crippen LogP contribution in [-0.2, 0) is 19.5 Å². The predicted octanol–water partition coefficient (Wildman–Crippen LogP) is -4.00. The van der Waals surface area contributed by atoms with Crippen LogP contribution in [0.5, 0.6) is 0 Å². The van der Waals surface area contributed by atoms with Gasteiger partial charge in [0, 0.05) is 19.5 Å². The van der Waals surface area contributed by atoms with E-state index in [0.717, 1.165) is 0 Å². The number of rotatable bonds is 0. The molecule has 0 bridgehead atoms. The van der Waals surface area contributed by atoms with Crippen LogP contribution in [-0.4, -0.2) is 42.5 Å². The minimum Gasteiger partial charge on any atom is -0.412 e. The van der Waals surface area contributed by atoms with E-state index in [9.17, 15) is 0 Å². The Morgan fingerprint density at radius 1 is 0.769 bits per heavy atom. The van der Waals surface area contributed by atoms with Gasteiger partial charge in [-0.15, -0.1) is 20.2 Å². The van der Waals surface area contributed by atoms with Crippen LogP contribution in [0.3, 0.4) is 0 Å². The molecule has 0 aliphatic rings. The van der Waals surface area contributed by atoms with Crippen molar-refractivity contribution >= 4 is 0 Å². The summed E-state index contributed by atoms with van der Waals surface area (Å²) in [5.74, 6) is 0. The molecule has 0 rings (SSSR count). The zero-order chi connectivity index (χ0) is 7.15. The molecule has 0 saturated carbocycles. The average molecular weight is 263 g/mol. The van der Waals surface area contributed by atoms with Crippen LogP contribution < -0.4 is 0 Å². The van der Waals surface area contributed by atoms with Gasteiger partial charge in [0.25, 0.3) is 10.2 Å². The summed E-state index contributed by atoms with van der Waals surface area (Å²) < 4.78 is 0. The molecule has 0 saturated heterocycles. The molecule has 12 nitrogen and oxygen atoms in total. The molecule has 0 spiro atoms. The van der Waals surface area contributed by atoms with Crippen molar-refractivity contribution < 1.29 is 62.0 Å². The molecular weight excluding hydrogens is 253 g/mol. The van der Waals surface area contributed by atoms with Gasteiger partial charge in [-0.1, -0.05) is 0 Å². The molecule has 0 aromatic heterocycles. The van der Waals surface area contributed by atoms with Gasteiger partial charge in [-0.05, 0) is 0 Å². The van der Waals surface area contributed by atoms with E-state index >= 15 is 0 Å². The molecule has 13 heavy (non-hydrogen) atoms. The van der Waals surface area contributed by atoms with E-state index in [0.29, 0.717) is 0 Å². The van der Waals surface area contributed by atoms with Crippen LogP contribution in [0, 0.1) is 20.2 Å². The smallest absolute Gasteiger partial charge is 0.291 e. The van der Waals surface area contributed by atoms with Crippen molar-refractivity contribution in [3.63, 3.8) is 0 Å². The number of nitrogens with zero attached hydrogens (tertiary/aromatic N) is 2. The fourth-order valence-electron chi connectivity index (χ4n) is 0. The van der Waals surface area contributed by atoms with E-state index in [1.807, 2.05) is 0 Å². The molecule has 0 aromatic rings. The van der Waals surface area contributed by atoms with Gasteiger partial charge in [0.05, 0.1) is 0 Å². The van der Waals surface area contributed by atoms with Crippen molar-refractivity contribution in [2.45, 2.75) is 0 Å². The molecule has 0 aromatic carbocycles. The first-order chi connectivity index (χ1) is 3.46. The first kappa shape index (κ1) is 59.2. The average Bonchev–Trinajstić information content (AvgIpc) is 1.25. The van der Waals surface area contributed by atoms with Gasteiger partial charge < -0.3 is 32.3 Å². The van der Waals surface area contributed by atoms with Crippen LogP contribution in [0.1, 0.15) is 0 Å². The minimum absolute atomic E-state index is 0. The first-order valence-corrected chi connectivity index (χ1v) is 1.13. The fourth-order valence-corrected chi connectivity index (χ4v) is 0. The van der Waals surface area contributed by atoms with Gasteiger partial charge in [0.2, 0.25) is 0 Å². The maximum atomic E-state index is 8.36. The molecule has 0 radical (unpaired) electrons. The van der Waals surface area contributed by atoms with Gasteiger partial charge in [0.1, 0.15) is 0 Å². The fraction of sp³-hybridized carbons (Fsp3) is 0. The molecule has 13 heteroatoms. The molecule has 0 atom stereocenters. The second-order valence-electron chi connectivity index (χ2n) is 0.476. The Kier molecular flexibility index (Phi) is 203. The zero-order valence-corrected chi connectivity index (χ0v) is 9.10. The van der Waals surface area contributed by atoms with E-state index in [1.54, 1.807) is 0 Å². The Morgan fingerprint density at radius 2 is 0.769 bits per heavy atom. The SMILES string of the molecule is O.O.O.O.O=[N+]([O-])O.O=[N+]([O-])O.[Zn]. The third-order valence-corrected chi connectivity index (χ3v) is 0. The van der Waals surface area contributed by atoms with E-state index in [4.69, 9.17) is 30.6 Å². The predicted molar refractivity (Wildman–Crippen MR) is 32.0 cm³/mol. The van der Waals surface area contributed by atoms with Crippen LogP contribution in [0.25, 0.3) is 0 Å². The largest absolute Gasteiger partial charge is 0.412 e. The Balaban J connectivity index is -0.00000000800. The summed E-state index contributed by atoms with van der Waals surface area (Å²) in [5, 5.41) is 27.3. The van der Waals surface area contributed by atoms with Crippen molar-refractivity contribution in [3.05, 3.63) is 20.2 Å².